The monoisotopic (exact) mass is 391 g/mol. The Morgan fingerprint density at radius 3 is 2.46 bits per heavy atom. The molecule has 1 aromatic carbocycles. The van der Waals surface area contributed by atoms with E-state index >= 15 is 0 Å². The molecule has 1 aromatic rings. The van der Waals surface area contributed by atoms with Gasteiger partial charge in [-0.3, -0.25) is 14.4 Å². The van der Waals surface area contributed by atoms with Crippen LogP contribution in [0.15, 0.2) is 30.3 Å². The number of hydrogen-bond donors (Lipinski definition) is 4. The molecule has 2 rings (SSSR count). The normalized spacial score (nSPS) is 18.0. The number of amides is 2. The summed E-state index contributed by atoms with van der Waals surface area (Å²) in [5, 5.41) is 17.1. The Morgan fingerprint density at radius 2 is 1.89 bits per heavy atom. The van der Waals surface area contributed by atoms with Crippen molar-refractivity contribution in [3.05, 3.63) is 35.9 Å². The average Bonchev–Trinajstić information content (AvgIpc) is 3.21. The molecule has 0 spiro atoms. The maximum atomic E-state index is 12.6. The lowest BCUT2D eigenvalue weighted by atomic mass is 10.0. The van der Waals surface area contributed by atoms with E-state index < -0.39 is 48.3 Å². The lowest BCUT2D eigenvalue weighted by Crippen LogP contribution is -2.55. The van der Waals surface area contributed by atoms with Crippen molar-refractivity contribution in [2.45, 2.75) is 43.8 Å². The first-order valence-electron chi connectivity index (χ1n) is 9.08. The standard InChI is InChI=1S/C19H25N3O6/c1-28-19(27)15(10-12-6-3-2-4-7-12)22-18(26)14(11-16(23)24)21-17(25)13-8-5-9-20-13/h2-4,6-7,13-15,20H,5,8-11H2,1H3,(H,21,25)(H,22,26)(H,23,24)/t13-,14-,15+/m1/s1. The molecule has 152 valence electrons. The van der Waals surface area contributed by atoms with Crippen LogP contribution < -0.4 is 16.0 Å². The van der Waals surface area contributed by atoms with E-state index in [2.05, 4.69) is 16.0 Å². The fourth-order valence-electron chi connectivity index (χ4n) is 3.02. The minimum Gasteiger partial charge on any atom is -0.481 e. The summed E-state index contributed by atoms with van der Waals surface area (Å²) in [5.41, 5.74) is 0.798. The van der Waals surface area contributed by atoms with Crippen molar-refractivity contribution in [3.63, 3.8) is 0 Å². The number of nitrogens with one attached hydrogen (secondary N) is 3. The van der Waals surface area contributed by atoms with Gasteiger partial charge in [0, 0.05) is 6.42 Å². The summed E-state index contributed by atoms with van der Waals surface area (Å²) in [6.07, 6.45) is 1.03. The second kappa shape index (κ2) is 10.4. The highest BCUT2D eigenvalue weighted by Gasteiger charge is 2.31. The fourth-order valence-corrected chi connectivity index (χ4v) is 3.02. The van der Waals surface area contributed by atoms with Crippen molar-refractivity contribution in [3.8, 4) is 0 Å². The fraction of sp³-hybridized carbons (Fsp3) is 0.474. The third kappa shape index (κ3) is 6.34. The molecule has 9 nitrogen and oxygen atoms in total. The number of esters is 1. The largest absolute Gasteiger partial charge is 0.481 e. The van der Waals surface area contributed by atoms with Gasteiger partial charge >= 0.3 is 11.9 Å². The van der Waals surface area contributed by atoms with Crippen molar-refractivity contribution in [2.24, 2.45) is 0 Å². The van der Waals surface area contributed by atoms with E-state index in [1.165, 1.54) is 7.11 Å². The number of carbonyl (C=O) groups is 4. The second-order valence-corrected chi connectivity index (χ2v) is 6.58. The molecular weight excluding hydrogens is 366 g/mol. The summed E-state index contributed by atoms with van der Waals surface area (Å²) >= 11 is 0. The van der Waals surface area contributed by atoms with Gasteiger partial charge < -0.3 is 25.8 Å². The molecule has 1 aliphatic heterocycles. The van der Waals surface area contributed by atoms with Gasteiger partial charge in [0.05, 0.1) is 19.6 Å². The summed E-state index contributed by atoms with van der Waals surface area (Å²) in [7, 11) is 1.20. The Balaban J connectivity index is 2.07. The van der Waals surface area contributed by atoms with Gasteiger partial charge in [0.2, 0.25) is 11.8 Å². The van der Waals surface area contributed by atoms with Gasteiger partial charge in [-0.15, -0.1) is 0 Å². The van der Waals surface area contributed by atoms with Crippen LogP contribution in [-0.4, -0.2) is 60.6 Å². The summed E-state index contributed by atoms with van der Waals surface area (Å²) in [5.74, 6) is -3.08. The topological polar surface area (TPSA) is 134 Å². The quantitative estimate of drug-likeness (QED) is 0.421. The van der Waals surface area contributed by atoms with E-state index in [4.69, 9.17) is 9.84 Å². The zero-order valence-corrected chi connectivity index (χ0v) is 15.6. The molecule has 0 aromatic heterocycles. The van der Waals surface area contributed by atoms with E-state index in [1.54, 1.807) is 24.3 Å². The molecule has 2 amide bonds. The van der Waals surface area contributed by atoms with Crippen LogP contribution in [0.1, 0.15) is 24.8 Å². The molecule has 0 bridgehead atoms. The molecular formula is C19H25N3O6. The SMILES string of the molecule is COC(=O)[C@H](Cc1ccccc1)NC(=O)[C@@H](CC(=O)O)NC(=O)[C@H]1CCCN1. The highest BCUT2D eigenvalue weighted by molar-refractivity contribution is 5.94. The Morgan fingerprint density at radius 1 is 1.18 bits per heavy atom. The van der Waals surface area contributed by atoms with Gasteiger partial charge in [-0.1, -0.05) is 30.3 Å². The summed E-state index contributed by atoms with van der Waals surface area (Å²) in [6.45, 7) is 0.690. The zero-order chi connectivity index (χ0) is 20.5. The van der Waals surface area contributed by atoms with Crippen molar-refractivity contribution in [2.75, 3.05) is 13.7 Å². The van der Waals surface area contributed by atoms with Crippen LogP contribution in [0.5, 0.6) is 0 Å². The van der Waals surface area contributed by atoms with Gasteiger partial charge in [-0.05, 0) is 24.9 Å². The summed E-state index contributed by atoms with van der Waals surface area (Å²) in [4.78, 5) is 48.1. The van der Waals surface area contributed by atoms with Crippen molar-refractivity contribution < 1.29 is 29.0 Å². The minimum atomic E-state index is -1.30. The first-order valence-corrected chi connectivity index (χ1v) is 9.08. The van der Waals surface area contributed by atoms with E-state index in [0.717, 1.165) is 12.0 Å². The van der Waals surface area contributed by atoms with Crippen LogP contribution in [0.2, 0.25) is 0 Å². The summed E-state index contributed by atoms with van der Waals surface area (Å²) < 4.78 is 4.74. The molecule has 1 fully saturated rings. The smallest absolute Gasteiger partial charge is 0.328 e. The predicted octanol–water partition coefficient (Wildman–Crippen LogP) is -0.402. The molecule has 0 aliphatic carbocycles. The number of methoxy groups -OCH3 is 1. The van der Waals surface area contributed by atoms with Gasteiger partial charge in [0.1, 0.15) is 12.1 Å². The number of ether oxygens (including phenoxy) is 1. The van der Waals surface area contributed by atoms with Gasteiger partial charge in [0.25, 0.3) is 0 Å². The third-order valence-corrected chi connectivity index (χ3v) is 4.47. The summed E-state index contributed by atoms with van der Waals surface area (Å²) in [6, 6.07) is 6.26. The Kier molecular flexibility index (Phi) is 7.94. The van der Waals surface area contributed by atoms with Gasteiger partial charge in [0.15, 0.2) is 0 Å². The average molecular weight is 391 g/mol. The lowest BCUT2D eigenvalue weighted by molar-refractivity contribution is -0.145. The van der Waals surface area contributed by atoms with E-state index in [-0.39, 0.29) is 6.42 Å². The van der Waals surface area contributed by atoms with Crippen molar-refractivity contribution in [1.82, 2.24) is 16.0 Å². The number of rotatable bonds is 9. The Labute approximate surface area is 162 Å². The minimum absolute atomic E-state index is 0.178. The lowest BCUT2D eigenvalue weighted by Gasteiger charge is -2.22. The van der Waals surface area contributed by atoms with Crippen LogP contribution in [0, 0.1) is 0 Å². The molecule has 0 unspecified atom stereocenters. The number of benzene rings is 1. The van der Waals surface area contributed by atoms with Crippen LogP contribution in [-0.2, 0) is 30.3 Å². The number of carboxylic acid groups (broad SMARTS) is 1. The van der Waals surface area contributed by atoms with Gasteiger partial charge in [-0.25, -0.2) is 4.79 Å². The van der Waals surface area contributed by atoms with E-state index in [0.29, 0.717) is 13.0 Å². The molecule has 1 aliphatic rings. The maximum absolute atomic E-state index is 12.6. The molecule has 3 atom stereocenters. The maximum Gasteiger partial charge on any atom is 0.328 e. The molecule has 1 saturated heterocycles. The molecule has 9 heteroatoms. The highest BCUT2D eigenvalue weighted by atomic mass is 16.5. The second-order valence-electron chi connectivity index (χ2n) is 6.58. The third-order valence-electron chi connectivity index (χ3n) is 4.47. The Bertz CT molecular complexity index is 703. The molecule has 0 saturated carbocycles. The number of aliphatic carboxylic acids is 1. The van der Waals surface area contributed by atoms with Crippen LogP contribution in [0.3, 0.4) is 0 Å². The van der Waals surface area contributed by atoms with Crippen molar-refractivity contribution >= 4 is 23.8 Å². The number of carboxylic acids is 1. The molecule has 4 N–H and O–H groups in total. The first-order chi connectivity index (χ1) is 13.4. The number of hydrogen-bond acceptors (Lipinski definition) is 6. The van der Waals surface area contributed by atoms with E-state index in [1.807, 2.05) is 6.07 Å². The molecule has 1 heterocycles. The Hall–Kier alpha value is -2.94. The molecule has 28 heavy (non-hydrogen) atoms. The van der Waals surface area contributed by atoms with Crippen LogP contribution in [0.25, 0.3) is 0 Å². The molecule has 0 radical (unpaired) electrons. The predicted molar refractivity (Wildman–Crippen MR) is 99.3 cm³/mol. The zero-order valence-electron chi connectivity index (χ0n) is 15.6. The van der Waals surface area contributed by atoms with Gasteiger partial charge in [-0.2, -0.15) is 0 Å². The number of carbonyl (C=O) groups excluding carboxylic acids is 3. The first kappa shape index (κ1) is 21.4. The van der Waals surface area contributed by atoms with Crippen molar-refractivity contribution in [1.29, 1.82) is 0 Å². The van der Waals surface area contributed by atoms with E-state index in [9.17, 15) is 19.2 Å². The highest BCUT2D eigenvalue weighted by Crippen LogP contribution is 2.08. The van der Waals surface area contributed by atoms with Crippen LogP contribution >= 0.6 is 0 Å². The van der Waals surface area contributed by atoms with Crippen LogP contribution in [0.4, 0.5) is 0 Å².